The largest absolute Gasteiger partial charge is 0.326 e. The van der Waals surface area contributed by atoms with Crippen LogP contribution in [-0.2, 0) is 17.6 Å². The maximum absolute atomic E-state index is 12.4. The molecule has 2 aromatic carbocycles. The normalized spacial score (nSPS) is 13.3. The number of fused-ring (bicyclic) bond motifs is 2. The zero-order valence-corrected chi connectivity index (χ0v) is 17.1. The molecular formula is C24H23N3OS. The Hall–Kier alpha value is -2.84. The van der Waals surface area contributed by atoms with Crippen molar-refractivity contribution in [2.24, 2.45) is 0 Å². The summed E-state index contributed by atoms with van der Waals surface area (Å²) in [4.78, 5) is 17.1. The number of carbonyl (C=O) groups is 1. The van der Waals surface area contributed by atoms with Crippen LogP contribution in [0.15, 0.2) is 53.6 Å². The summed E-state index contributed by atoms with van der Waals surface area (Å²) in [6.07, 6.45) is 5.91. The number of nitriles is 1. The monoisotopic (exact) mass is 401 g/mol. The summed E-state index contributed by atoms with van der Waals surface area (Å²) in [5, 5.41) is 15.5. The van der Waals surface area contributed by atoms with E-state index in [-0.39, 0.29) is 5.91 Å². The first kappa shape index (κ1) is 19.5. The van der Waals surface area contributed by atoms with E-state index in [9.17, 15) is 10.1 Å². The van der Waals surface area contributed by atoms with Crippen molar-refractivity contribution in [3.8, 4) is 6.07 Å². The minimum Gasteiger partial charge on any atom is -0.326 e. The van der Waals surface area contributed by atoms with Gasteiger partial charge in [-0.2, -0.15) is 5.26 Å². The molecule has 1 aliphatic rings. The molecule has 3 aromatic rings. The van der Waals surface area contributed by atoms with Gasteiger partial charge >= 0.3 is 0 Å². The van der Waals surface area contributed by atoms with E-state index in [2.05, 4.69) is 17.5 Å². The van der Waals surface area contributed by atoms with Crippen LogP contribution in [-0.4, -0.2) is 16.6 Å². The number of aryl methyl sites for hydroxylation is 2. The van der Waals surface area contributed by atoms with Gasteiger partial charge in [0.1, 0.15) is 11.1 Å². The van der Waals surface area contributed by atoms with E-state index in [1.807, 2.05) is 42.5 Å². The minimum atomic E-state index is -0.0268. The van der Waals surface area contributed by atoms with Crippen LogP contribution in [0.3, 0.4) is 0 Å². The molecule has 0 unspecified atom stereocenters. The first-order chi connectivity index (χ1) is 14.2. The number of nitrogens with zero attached hydrogens (tertiary/aromatic N) is 2. The van der Waals surface area contributed by atoms with Gasteiger partial charge in [0.15, 0.2) is 0 Å². The molecular weight excluding hydrogens is 378 g/mol. The van der Waals surface area contributed by atoms with E-state index in [1.54, 1.807) is 0 Å². The second-order valence-corrected chi connectivity index (χ2v) is 8.41. The standard InChI is InChI=1S/C24H23N3OS/c25-16-20-14-19-8-2-1-3-9-22(19)27-24(20)29-13-12-23(28)26-21-11-10-17-6-4-5-7-18(17)15-21/h4-7,10-11,14-15H,1-3,8-9,12-13H2,(H,26,28). The Morgan fingerprint density at radius 1 is 1.07 bits per heavy atom. The summed E-state index contributed by atoms with van der Waals surface area (Å²) in [5.41, 5.74) is 3.78. The number of hydrogen-bond acceptors (Lipinski definition) is 4. The molecule has 0 bridgehead atoms. The van der Waals surface area contributed by atoms with E-state index in [4.69, 9.17) is 4.98 Å². The number of benzene rings is 2. The molecule has 1 aliphatic carbocycles. The quantitative estimate of drug-likeness (QED) is 0.453. The predicted molar refractivity (Wildman–Crippen MR) is 118 cm³/mol. The van der Waals surface area contributed by atoms with Crippen molar-refractivity contribution < 1.29 is 4.79 Å². The van der Waals surface area contributed by atoms with Crippen LogP contribution < -0.4 is 5.32 Å². The summed E-state index contributed by atoms with van der Waals surface area (Å²) < 4.78 is 0. The lowest BCUT2D eigenvalue weighted by Crippen LogP contribution is -2.12. The molecule has 1 aromatic heterocycles. The van der Waals surface area contributed by atoms with Crippen LogP contribution in [0.25, 0.3) is 10.8 Å². The molecule has 0 saturated heterocycles. The van der Waals surface area contributed by atoms with E-state index in [0.717, 1.165) is 46.4 Å². The first-order valence-electron chi connectivity index (χ1n) is 10.1. The smallest absolute Gasteiger partial charge is 0.225 e. The van der Waals surface area contributed by atoms with Gasteiger partial charge < -0.3 is 5.32 Å². The molecule has 29 heavy (non-hydrogen) atoms. The highest BCUT2D eigenvalue weighted by Gasteiger charge is 2.15. The van der Waals surface area contributed by atoms with Crippen molar-refractivity contribution in [3.63, 3.8) is 0 Å². The maximum atomic E-state index is 12.4. The molecule has 0 aliphatic heterocycles. The third kappa shape index (κ3) is 4.78. The average molecular weight is 402 g/mol. The topological polar surface area (TPSA) is 65.8 Å². The van der Waals surface area contributed by atoms with Crippen LogP contribution in [0.2, 0.25) is 0 Å². The molecule has 5 heteroatoms. The fraction of sp³-hybridized carbons (Fsp3) is 0.292. The minimum absolute atomic E-state index is 0.0268. The van der Waals surface area contributed by atoms with Crippen molar-refractivity contribution in [1.29, 1.82) is 5.26 Å². The van der Waals surface area contributed by atoms with Gasteiger partial charge in [-0.25, -0.2) is 4.98 Å². The lowest BCUT2D eigenvalue weighted by Gasteiger charge is -2.10. The highest BCUT2D eigenvalue weighted by atomic mass is 32.2. The molecule has 0 saturated carbocycles. The van der Waals surface area contributed by atoms with Crippen LogP contribution in [0.1, 0.15) is 42.5 Å². The Morgan fingerprint density at radius 3 is 2.76 bits per heavy atom. The fourth-order valence-corrected chi connectivity index (χ4v) is 4.63. The second kappa shape index (κ2) is 9.11. The van der Waals surface area contributed by atoms with Gasteiger partial charge in [0, 0.05) is 23.6 Å². The Morgan fingerprint density at radius 2 is 1.90 bits per heavy atom. The molecule has 4 rings (SSSR count). The molecule has 0 spiro atoms. The molecule has 1 amide bonds. The lowest BCUT2D eigenvalue weighted by molar-refractivity contribution is -0.115. The Bertz CT molecular complexity index is 1090. The summed E-state index contributed by atoms with van der Waals surface area (Å²) in [7, 11) is 0. The number of aromatic nitrogens is 1. The number of anilines is 1. The van der Waals surface area contributed by atoms with Gasteiger partial charge in [0.25, 0.3) is 0 Å². The molecule has 146 valence electrons. The van der Waals surface area contributed by atoms with Gasteiger partial charge in [-0.05, 0) is 60.2 Å². The molecule has 1 heterocycles. The Kier molecular flexibility index (Phi) is 6.12. The van der Waals surface area contributed by atoms with Gasteiger partial charge in [-0.1, -0.05) is 36.8 Å². The van der Waals surface area contributed by atoms with Gasteiger partial charge in [-0.15, -0.1) is 11.8 Å². The third-order valence-corrected chi connectivity index (χ3v) is 6.23. The number of rotatable bonds is 5. The molecule has 0 atom stereocenters. The summed E-state index contributed by atoms with van der Waals surface area (Å²) in [5.74, 6) is 0.570. The van der Waals surface area contributed by atoms with Gasteiger partial charge in [0.2, 0.25) is 5.91 Å². The number of carbonyl (C=O) groups excluding carboxylic acids is 1. The summed E-state index contributed by atoms with van der Waals surface area (Å²) >= 11 is 1.50. The van der Waals surface area contributed by atoms with Crippen LogP contribution in [0, 0.1) is 11.3 Å². The SMILES string of the molecule is N#Cc1cc2c(nc1SCCC(=O)Nc1ccc3ccccc3c1)CCCCC2. The van der Waals surface area contributed by atoms with E-state index in [0.29, 0.717) is 17.7 Å². The molecule has 4 nitrogen and oxygen atoms in total. The number of hydrogen-bond donors (Lipinski definition) is 1. The van der Waals surface area contributed by atoms with Gasteiger partial charge in [0.05, 0.1) is 5.56 Å². The highest BCUT2D eigenvalue weighted by Crippen LogP contribution is 2.27. The van der Waals surface area contributed by atoms with E-state index >= 15 is 0 Å². The van der Waals surface area contributed by atoms with Crippen LogP contribution in [0.5, 0.6) is 0 Å². The van der Waals surface area contributed by atoms with Crippen molar-refractivity contribution >= 4 is 34.1 Å². The van der Waals surface area contributed by atoms with Crippen LogP contribution in [0.4, 0.5) is 5.69 Å². The Labute approximate surface area is 175 Å². The second-order valence-electron chi connectivity index (χ2n) is 7.33. The lowest BCUT2D eigenvalue weighted by atomic mass is 10.1. The van der Waals surface area contributed by atoms with Gasteiger partial charge in [-0.3, -0.25) is 4.79 Å². The zero-order chi connectivity index (χ0) is 20.1. The summed E-state index contributed by atoms with van der Waals surface area (Å²) in [6.45, 7) is 0. The van der Waals surface area contributed by atoms with E-state index < -0.39 is 0 Å². The Balaban J connectivity index is 1.37. The average Bonchev–Trinajstić information content (AvgIpc) is 2.98. The zero-order valence-electron chi connectivity index (χ0n) is 16.3. The van der Waals surface area contributed by atoms with Crippen molar-refractivity contribution in [2.75, 3.05) is 11.1 Å². The van der Waals surface area contributed by atoms with Crippen molar-refractivity contribution in [3.05, 3.63) is 65.4 Å². The first-order valence-corrected chi connectivity index (χ1v) is 11.1. The predicted octanol–water partition coefficient (Wildman–Crippen LogP) is 5.50. The highest BCUT2D eigenvalue weighted by molar-refractivity contribution is 7.99. The number of amides is 1. The van der Waals surface area contributed by atoms with E-state index in [1.165, 1.54) is 30.2 Å². The van der Waals surface area contributed by atoms with Crippen molar-refractivity contribution in [2.45, 2.75) is 43.6 Å². The maximum Gasteiger partial charge on any atom is 0.225 e. The summed E-state index contributed by atoms with van der Waals surface area (Å²) in [6, 6.07) is 18.3. The number of thioether (sulfide) groups is 1. The fourth-order valence-electron chi connectivity index (χ4n) is 3.71. The molecule has 1 N–H and O–H groups in total. The molecule has 0 fully saturated rings. The number of nitrogens with one attached hydrogen (secondary N) is 1. The van der Waals surface area contributed by atoms with Crippen LogP contribution >= 0.6 is 11.8 Å². The number of pyridine rings is 1. The third-order valence-electron chi connectivity index (χ3n) is 5.24. The van der Waals surface area contributed by atoms with Crippen molar-refractivity contribution in [1.82, 2.24) is 4.98 Å². The molecule has 0 radical (unpaired) electrons.